The zero-order valence-corrected chi connectivity index (χ0v) is 9.90. The van der Waals surface area contributed by atoms with Gasteiger partial charge in [0.15, 0.2) is 5.58 Å². The minimum atomic E-state index is -0.297. The minimum absolute atomic E-state index is 0.297. The highest BCUT2D eigenvalue weighted by Gasteiger charge is 2.10. The van der Waals surface area contributed by atoms with Crippen molar-refractivity contribution in [1.29, 1.82) is 0 Å². The second kappa shape index (κ2) is 3.91. The van der Waals surface area contributed by atoms with Crippen molar-refractivity contribution in [2.24, 2.45) is 7.05 Å². The molecule has 0 saturated heterocycles. The number of oxazole rings is 1. The van der Waals surface area contributed by atoms with Gasteiger partial charge in [-0.3, -0.25) is 4.57 Å². The highest BCUT2D eigenvalue weighted by atomic mass is 16.4. The van der Waals surface area contributed by atoms with Crippen molar-refractivity contribution in [2.75, 3.05) is 0 Å². The molecule has 0 unspecified atom stereocenters. The van der Waals surface area contributed by atoms with Gasteiger partial charge >= 0.3 is 5.76 Å². The maximum Gasteiger partial charge on any atom is 0.419 e. The molecule has 0 fully saturated rings. The van der Waals surface area contributed by atoms with Gasteiger partial charge in [0.1, 0.15) is 0 Å². The number of fused-ring (bicyclic) bond motifs is 1. The Hall–Kier alpha value is -1.77. The van der Waals surface area contributed by atoms with Crippen LogP contribution in [0, 0.1) is 0 Å². The molecule has 2 aromatic rings. The van der Waals surface area contributed by atoms with E-state index in [9.17, 15) is 4.79 Å². The third-order valence-electron chi connectivity index (χ3n) is 3.45. The first kappa shape index (κ1) is 10.4. The van der Waals surface area contributed by atoms with Crippen molar-refractivity contribution < 1.29 is 4.42 Å². The predicted octanol–water partition coefficient (Wildman–Crippen LogP) is 3.09. The molecule has 1 aromatic carbocycles. The van der Waals surface area contributed by atoms with E-state index in [-0.39, 0.29) is 5.76 Å². The summed E-state index contributed by atoms with van der Waals surface area (Å²) in [6.45, 7) is 0. The summed E-state index contributed by atoms with van der Waals surface area (Å²) in [5, 5.41) is 0. The lowest BCUT2D eigenvalue weighted by molar-refractivity contribution is 0.528. The third-order valence-corrected chi connectivity index (χ3v) is 3.45. The van der Waals surface area contributed by atoms with Gasteiger partial charge in [0.05, 0.1) is 5.52 Å². The zero-order valence-electron chi connectivity index (χ0n) is 9.90. The van der Waals surface area contributed by atoms with E-state index in [4.69, 9.17) is 4.42 Å². The highest BCUT2D eigenvalue weighted by molar-refractivity contribution is 5.79. The highest BCUT2D eigenvalue weighted by Crippen LogP contribution is 2.28. The summed E-state index contributed by atoms with van der Waals surface area (Å²) in [6, 6.07) is 6.02. The van der Waals surface area contributed by atoms with Crippen LogP contribution in [0.1, 0.15) is 31.2 Å². The first-order valence-electron chi connectivity index (χ1n) is 6.05. The Bertz CT molecular complexity index is 646. The van der Waals surface area contributed by atoms with Crippen molar-refractivity contribution >= 4 is 16.7 Å². The molecule has 0 spiro atoms. The Kier molecular flexibility index (Phi) is 2.39. The molecule has 1 heterocycles. The van der Waals surface area contributed by atoms with Crippen LogP contribution < -0.4 is 5.76 Å². The van der Waals surface area contributed by atoms with Crippen LogP contribution in [0.5, 0.6) is 0 Å². The van der Waals surface area contributed by atoms with Gasteiger partial charge in [0.2, 0.25) is 0 Å². The maximum atomic E-state index is 11.4. The fraction of sp³-hybridized carbons (Fsp3) is 0.357. The van der Waals surface area contributed by atoms with Crippen LogP contribution in [0.25, 0.3) is 16.7 Å². The molecule has 88 valence electrons. The average molecular weight is 229 g/mol. The van der Waals surface area contributed by atoms with E-state index in [1.54, 1.807) is 7.05 Å². The molecule has 0 aliphatic heterocycles. The molecule has 0 radical (unpaired) electrons. The third kappa shape index (κ3) is 1.71. The lowest BCUT2D eigenvalue weighted by atomic mass is 9.94. The second-order valence-electron chi connectivity index (χ2n) is 4.58. The first-order valence-corrected chi connectivity index (χ1v) is 6.05. The van der Waals surface area contributed by atoms with Crippen LogP contribution in [-0.2, 0) is 7.05 Å². The number of allylic oxidation sites excluding steroid dienone is 2. The summed E-state index contributed by atoms with van der Waals surface area (Å²) in [4.78, 5) is 11.4. The van der Waals surface area contributed by atoms with E-state index in [2.05, 4.69) is 12.1 Å². The molecule has 3 nitrogen and oxygen atoms in total. The number of hydrogen-bond acceptors (Lipinski definition) is 2. The van der Waals surface area contributed by atoms with Crippen LogP contribution in [0.2, 0.25) is 0 Å². The lowest BCUT2D eigenvalue weighted by Crippen LogP contribution is -2.08. The van der Waals surface area contributed by atoms with Gasteiger partial charge in [0, 0.05) is 7.05 Å². The second-order valence-corrected chi connectivity index (χ2v) is 4.58. The van der Waals surface area contributed by atoms with E-state index in [0.717, 1.165) is 18.4 Å². The Morgan fingerprint density at radius 2 is 2.18 bits per heavy atom. The van der Waals surface area contributed by atoms with Crippen molar-refractivity contribution in [3.8, 4) is 0 Å². The smallest absolute Gasteiger partial charge is 0.408 e. The number of benzene rings is 1. The monoisotopic (exact) mass is 229 g/mol. The van der Waals surface area contributed by atoms with Crippen molar-refractivity contribution in [3.05, 3.63) is 40.4 Å². The van der Waals surface area contributed by atoms with Crippen LogP contribution >= 0.6 is 0 Å². The summed E-state index contributed by atoms with van der Waals surface area (Å²) < 4.78 is 6.75. The Balaban J connectivity index is 2.13. The number of rotatable bonds is 1. The molecule has 1 aliphatic rings. The molecular formula is C14H15NO2. The standard InChI is InChI=1S/C14H15NO2/c1-15-12-8-7-11(9-13(12)17-14(15)16)10-5-3-2-4-6-10/h5,7-9H,2-4,6H2,1H3. The van der Waals surface area contributed by atoms with E-state index in [1.165, 1.54) is 28.5 Å². The largest absolute Gasteiger partial charge is 0.419 e. The fourth-order valence-corrected chi connectivity index (χ4v) is 2.43. The van der Waals surface area contributed by atoms with Crippen LogP contribution in [0.3, 0.4) is 0 Å². The lowest BCUT2D eigenvalue weighted by Gasteiger charge is -2.12. The molecular weight excluding hydrogens is 214 g/mol. The van der Waals surface area contributed by atoms with E-state index in [0.29, 0.717) is 5.58 Å². The van der Waals surface area contributed by atoms with E-state index < -0.39 is 0 Å². The van der Waals surface area contributed by atoms with Crippen LogP contribution in [0.4, 0.5) is 0 Å². The molecule has 1 aromatic heterocycles. The molecule has 0 N–H and O–H groups in total. The Morgan fingerprint density at radius 1 is 1.29 bits per heavy atom. The molecule has 3 rings (SSSR count). The molecule has 0 amide bonds. The van der Waals surface area contributed by atoms with Crippen LogP contribution in [-0.4, -0.2) is 4.57 Å². The minimum Gasteiger partial charge on any atom is -0.408 e. The summed E-state index contributed by atoms with van der Waals surface area (Å²) >= 11 is 0. The zero-order chi connectivity index (χ0) is 11.8. The summed E-state index contributed by atoms with van der Waals surface area (Å²) in [7, 11) is 1.73. The molecule has 17 heavy (non-hydrogen) atoms. The summed E-state index contributed by atoms with van der Waals surface area (Å²) in [6.07, 6.45) is 7.12. The van der Waals surface area contributed by atoms with Gasteiger partial charge in [-0.05, 0) is 49.0 Å². The number of nitrogens with zero attached hydrogens (tertiary/aromatic N) is 1. The average Bonchev–Trinajstić information content (AvgIpc) is 2.66. The SMILES string of the molecule is Cn1c(=O)oc2cc(C3=CCCCC3)ccc21. The molecule has 0 atom stereocenters. The Morgan fingerprint density at radius 3 is 2.94 bits per heavy atom. The molecule has 0 saturated carbocycles. The van der Waals surface area contributed by atoms with Gasteiger partial charge in [-0.15, -0.1) is 0 Å². The Labute approximate surface area is 99.4 Å². The fourth-order valence-electron chi connectivity index (χ4n) is 2.43. The quantitative estimate of drug-likeness (QED) is 0.753. The van der Waals surface area contributed by atoms with Gasteiger partial charge < -0.3 is 4.42 Å². The van der Waals surface area contributed by atoms with Gasteiger partial charge in [-0.25, -0.2) is 4.79 Å². The maximum absolute atomic E-state index is 11.4. The van der Waals surface area contributed by atoms with Gasteiger partial charge in [-0.2, -0.15) is 0 Å². The topological polar surface area (TPSA) is 35.1 Å². The van der Waals surface area contributed by atoms with Crippen molar-refractivity contribution in [1.82, 2.24) is 4.57 Å². The predicted molar refractivity (Wildman–Crippen MR) is 67.9 cm³/mol. The number of aryl methyl sites for hydroxylation is 1. The molecule has 1 aliphatic carbocycles. The summed E-state index contributed by atoms with van der Waals surface area (Å²) in [5.74, 6) is -0.297. The normalized spacial score (nSPS) is 16.2. The van der Waals surface area contributed by atoms with Crippen LogP contribution in [0.15, 0.2) is 33.5 Å². The van der Waals surface area contributed by atoms with Crippen molar-refractivity contribution in [2.45, 2.75) is 25.7 Å². The van der Waals surface area contributed by atoms with Crippen molar-refractivity contribution in [3.63, 3.8) is 0 Å². The number of hydrogen-bond donors (Lipinski definition) is 0. The van der Waals surface area contributed by atoms with E-state index >= 15 is 0 Å². The van der Waals surface area contributed by atoms with Gasteiger partial charge in [-0.1, -0.05) is 12.1 Å². The summed E-state index contributed by atoms with van der Waals surface area (Å²) in [5.41, 5.74) is 4.10. The first-order chi connectivity index (χ1) is 8.25. The van der Waals surface area contributed by atoms with Gasteiger partial charge in [0.25, 0.3) is 0 Å². The number of aromatic nitrogens is 1. The van der Waals surface area contributed by atoms with E-state index in [1.807, 2.05) is 12.1 Å². The molecule has 0 bridgehead atoms. The molecule has 3 heteroatoms.